The van der Waals surface area contributed by atoms with Gasteiger partial charge in [-0.2, -0.15) is 0 Å². The summed E-state index contributed by atoms with van der Waals surface area (Å²) in [6.45, 7) is 1.74. The number of amides is 1. The minimum absolute atomic E-state index is 0.253. The Balaban J connectivity index is 2.20. The molecule has 0 aliphatic heterocycles. The number of carbonyl (C=O) groups excluding carboxylic acids is 1. The third-order valence-electron chi connectivity index (χ3n) is 2.04. The second-order valence-corrected chi connectivity index (χ2v) is 4.27. The number of hydrogen-bond donors (Lipinski definition) is 1. The fourth-order valence-corrected chi connectivity index (χ4v) is 1.81. The van der Waals surface area contributed by atoms with Gasteiger partial charge in [-0.3, -0.25) is 10.1 Å². The number of carbonyl (C=O) groups is 1. The zero-order valence-electron chi connectivity index (χ0n) is 8.83. The van der Waals surface area contributed by atoms with E-state index >= 15 is 0 Å². The fourth-order valence-electron chi connectivity index (χ4n) is 1.28. The molecule has 0 atom stereocenters. The summed E-state index contributed by atoms with van der Waals surface area (Å²) < 4.78 is 18.1. The van der Waals surface area contributed by atoms with Crippen molar-refractivity contribution in [1.29, 1.82) is 0 Å². The molecule has 4 nitrogen and oxygen atoms in total. The Kier molecular flexibility index (Phi) is 3.23. The summed E-state index contributed by atoms with van der Waals surface area (Å²) >= 11 is 3.12. The highest BCUT2D eigenvalue weighted by molar-refractivity contribution is 9.10. The molecule has 1 aromatic heterocycles. The molecule has 0 saturated carbocycles. The molecule has 0 bridgehead atoms. The molecule has 0 unspecified atom stereocenters. The van der Waals surface area contributed by atoms with Gasteiger partial charge in [-0.05, 0) is 41.1 Å². The van der Waals surface area contributed by atoms with Crippen LogP contribution in [0.1, 0.15) is 16.1 Å². The highest BCUT2D eigenvalue weighted by Gasteiger charge is 2.12. The van der Waals surface area contributed by atoms with Crippen LogP contribution >= 0.6 is 15.9 Å². The van der Waals surface area contributed by atoms with Gasteiger partial charge in [0.05, 0.1) is 11.3 Å². The van der Waals surface area contributed by atoms with Crippen molar-refractivity contribution < 1.29 is 13.7 Å². The number of hydrogen-bond acceptors (Lipinski definition) is 3. The second kappa shape index (κ2) is 4.67. The van der Waals surface area contributed by atoms with E-state index in [1.165, 1.54) is 18.2 Å². The largest absolute Gasteiger partial charge is 0.338 e. The first-order valence-corrected chi connectivity index (χ1v) is 5.55. The lowest BCUT2D eigenvalue weighted by molar-refractivity contribution is 0.102. The fraction of sp³-hybridized carbons (Fsp3) is 0.0909. The molecule has 0 saturated heterocycles. The zero-order valence-corrected chi connectivity index (χ0v) is 10.4. The Hall–Kier alpha value is -1.69. The van der Waals surface area contributed by atoms with Gasteiger partial charge in [-0.25, -0.2) is 4.39 Å². The van der Waals surface area contributed by atoms with Crippen LogP contribution in [0.4, 0.5) is 10.3 Å². The highest BCUT2D eigenvalue weighted by atomic mass is 79.9. The van der Waals surface area contributed by atoms with E-state index in [9.17, 15) is 9.18 Å². The maximum Gasteiger partial charge on any atom is 0.259 e. The monoisotopic (exact) mass is 298 g/mol. The number of halogens is 2. The third kappa shape index (κ3) is 2.71. The lowest BCUT2D eigenvalue weighted by atomic mass is 10.2. The first-order chi connectivity index (χ1) is 8.06. The summed E-state index contributed by atoms with van der Waals surface area (Å²) in [7, 11) is 0. The molecular formula is C11H8BrFN2O2. The number of nitrogens with one attached hydrogen (secondary N) is 1. The van der Waals surface area contributed by atoms with Gasteiger partial charge in [0.2, 0.25) is 5.88 Å². The molecule has 0 fully saturated rings. The van der Waals surface area contributed by atoms with Crippen molar-refractivity contribution in [2.45, 2.75) is 6.92 Å². The predicted molar refractivity (Wildman–Crippen MR) is 63.3 cm³/mol. The minimum atomic E-state index is -0.413. The van der Waals surface area contributed by atoms with Crippen LogP contribution in [0.2, 0.25) is 0 Å². The lowest BCUT2D eigenvalue weighted by Crippen LogP contribution is -2.12. The molecule has 17 heavy (non-hydrogen) atoms. The molecule has 2 rings (SSSR count). The van der Waals surface area contributed by atoms with Gasteiger partial charge >= 0.3 is 0 Å². The standard InChI is InChI=1S/C11H8BrFN2O2/c1-6-4-10(17-15-6)14-11(16)8-3-2-7(13)5-9(8)12/h2-5H,1H3,(H,14,16). The number of aryl methyl sites for hydroxylation is 1. The number of nitrogens with zero attached hydrogens (tertiary/aromatic N) is 1. The second-order valence-electron chi connectivity index (χ2n) is 3.41. The maximum atomic E-state index is 12.9. The Bertz CT molecular complexity index is 568. The van der Waals surface area contributed by atoms with Gasteiger partial charge < -0.3 is 4.52 Å². The normalized spacial score (nSPS) is 10.3. The summed E-state index contributed by atoms with van der Waals surface area (Å²) in [5.74, 6) is -0.555. The molecule has 0 radical (unpaired) electrons. The van der Waals surface area contributed by atoms with Crippen molar-refractivity contribution in [3.8, 4) is 0 Å². The Labute approximate surface area is 105 Å². The topological polar surface area (TPSA) is 55.1 Å². The maximum absolute atomic E-state index is 12.9. The summed E-state index contributed by atoms with van der Waals surface area (Å²) in [5.41, 5.74) is 0.985. The van der Waals surface area contributed by atoms with Crippen LogP contribution in [-0.4, -0.2) is 11.1 Å². The Morgan fingerprint density at radius 1 is 1.47 bits per heavy atom. The van der Waals surface area contributed by atoms with Crippen LogP contribution < -0.4 is 5.32 Å². The van der Waals surface area contributed by atoms with Gasteiger partial charge in [-0.15, -0.1) is 0 Å². The molecule has 2 aromatic rings. The van der Waals surface area contributed by atoms with Crippen molar-refractivity contribution in [3.63, 3.8) is 0 Å². The smallest absolute Gasteiger partial charge is 0.259 e. The van der Waals surface area contributed by atoms with Crippen molar-refractivity contribution in [1.82, 2.24) is 5.16 Å². The van der Waals surface area contributed by atoms with Gasteiger partial charge in [0, 0.05) is 10.5 Å². The van der Waals surface area contributed by atoms with E-state index in [1.54, 1.807) is 13.0 Å². The van der Waals surface area contributed by atoms with Crippen molar-refractivity contribution in [2.24, 2.45) is 0 Å². The molecule has 88 valence electrons. The number of aromatic nitrogens is 1. The van der Waals surface area contributed by atoms with E-state index in [0.29, 0.717) is 15.7 Å². The highest BCUT2D eigenvalue weighted by Crippen LogP contribution is 2.19. The molecule has 1 N–H and O–H groups in total. The molecular weight excluding hydrogens is 291 g/mol. The van der Waals surface area contributed by atoms with Gasteiger partial charge in [0.1, 0.15) is 5.82 Å². The number of anilines is 1. The molecule has 1 aromatic carbocycles. The third-order valence-corrected chi connectivity index (χ3v) is 2.70. The summed E-state index contributed by atoms with van der Waals surface area (Å²) in [6, 6.07) is 5.42. The number of rotatable bonds is 2. The SMILES string of the molecule is Cc1cc(NC(=O)c2ccc(F)cc2Br)on1. The van der Waals surface area contributed by atoms with Crippen LogP contribution in [-0.2, 0) is 0 Å². The van der Waals surface area contributed by atoms with Gasteiger partial charge in [-0.1, -0.05) is 5.16 Å². The van der Waals surface area contributed by atoms with E-state index in [4.69, 9.17) is 4.52 Å². The quantitative estimate of drug-likeness (QED) is 0.927. The first kappa shape index (κ1) is 11.8. The van der Waals surface area contributed by atoms with Crippen LogP contribution in [0.3, 0.4) is 0 Å². The average Bonchev–Trinajstić information content (AvgIpc) is 2.63. The van der Waals surface area contributed by atoms with Crippen LogP contribution in [0.15, 0.2) is 33.3 Å². The molecule has 0 aliphatic rings. The van der Waals surface area contributed by atoms with Crippen molar-refractivity contribution in [2.75, 3.05) is 5.32 Å². The Morgan fingerprint density at radius 3 is 2.82 bits per heavy atom. The molecule has 0 aliphatic carbocycles. The van der Waals surface area contributed by atoms with Crippen LogP contribution in [0, 0.1) is 12.7 Å². The van der Waals surface area contributed by atoms with Gasteiger partial charge in [0.25, 0.3) is 5.91 Å². The first-order valence-electron chi connectivity index (χ1n) is 4.76. The van der Waals surface area contributed by atoms with Crippen molar-refractivity contribution in [3.05, 3.63) is 45.8 Å². The zero-order chi connectivity index (χ0) is 12.4. The summed E-state index contributed by atoms with van der Waals surface area (Å²) in [5, 5.41) is 6.16. The van der Waals surface area contributed by atoms with E-state index in [-0.39, 0.29) is 5.88 Å². The van der Waals surface area contributed by atoms with Crippen LogP contribution in [0.5, 0.6) is 0 Å². The van der Waals surface area contributed by atoms with Crippen molar-refractivity contribution >= 4 is 27.7 Å². The molecule has 0 spiro atoms. The molecule has 1 heterocycles. The van der Waals surface area contributed by atoms with E-state index in [2.05, 4.69) is 26.4 Å². The average molecular weight is 299 g/mol. The predicted octanol–water partition coefficient (Wildman–Crippen LogP) is 3.14. The summed E-state index contributed by atoms with van der Waals surface area (Å²) in [6.07, 6.45) is 0. The Morgan fingerprint density at radius 2 is 2.24 bits per heavy atom. The van der Waals surface area contributed by atoms with Crippen LogP contribution in [0.25, 0.3) is 0 Å². The lowest BCUT2D eigenvalue weighted by Gasteiger charge is -2.03. The summed E-state index contributed by atoms with van der Waals surface area (Å²) in [4.78, 5) is 11.8. The van der Waals surface area contributed by atoms with E-state index in [0.717, 1.165) is 0 Å². The molecule has 6 heteroatoms. The van der Waals surface area contributed by atoms with E-state index < -0.39 is 11.7 Å². The molecule has 1 amide bonds. The minimum Gasteiger partial charge on any atom is -0.338 e. The van der Waals surface area contributed by atoms with E-state index in [1.807, 2.05) is 0 Å². The number of benzene rings is 1. The van der Waals surface area contributed by atoms with Gasteiger partial charge in [0.15, 0.2) is 0 Å².